The van der Waals surface area contributed by atoms with E-state index in [4.69, 9.17) is 0 Å². The summed E-state index contributed by atoms with van der Waals surface area (Å²) in [5, 5.41) is 0. The van der Waals surface area contributed by atoms with Crippen molar-refractivity contribution in [2.75, 3.05) is 24.5 Å². The van der Waals surface area contributed by atoms with E-state index >= 15 is 0 Å². The summed E-state index contributed by atoms with van der Waals surface area (Å²) in [4.78, 5) is 32.5. The first kappa shape index (κ1) is 16.1. The van der Waals surface area contributed by atoms with Crippen LogP contribution in [0.2, 0.25) is 0 Å². The molecule has 2 aromatic heterocycles. The van der Waals surface area contributed by atoms with Crippen LogP contribution >= 0.6 is 0 Å². The molecule has 0 unspecified atom stereocenters. The van der Waals surface area contributed by atoms with E-state index in [1.54, 1.807) is 40.4 Å². The predicted molar refractivity (Wildman–Crippen MR) is 98.3 cm³/mol. The second-order valence-corrected chi connectivity index (χ2v) is 6.12. The van der Waals surface area contributed by atoms with Crippen LogP contribution in [0.25, 0.3) is 5.69 Å². The van der Waals surface area contributed by atoms with Gasteiger partial charge in [-0.15, -0.1) is 0 Å². The molecular formula is C20H18N4O2. The Balaban J connectivity index is 1.45. The third-order valence-corrected chi connectivity index (χ3v) is 4.48. The van der Waals surface area contributed by atoms with Crippen molar-refractivity contribution >= 4 is 17.5 Å². The van der Waals surface area contributed by atoms with Gasteiger partial charge in [0.25, 0.3) is 5.91 Å². The van der Waals surface area contributed by atoms with Gasteiger partial charge in [0.15, 0.2) is 0 Å². The fourth-order valence-corrected chi connectivity index (χ4v) is 3.10. The van der Waals surface area contributed by atoms with Crippen molar-refractivity contribution < 1.29 is 9.59 Å². The second kappa shape index (κ2) is 6.84. The largest absolute Gasteiger partial charge is 0.328 e. The lowest BCUT2D eigenvalue weighted by Crippen LogP contribution is -2.52. The summed E-state index contributed by atoms with van der Waals surface area (Å²) in [7, 11) is 0. The van der Waals surface area contributed by atoms with E-state index in [1.165, 1.54) is 0 Å². The van der Waals surface area contributed by atoms with Crippen molar-refractivity contribution in [3.8, 4) is 5.69 Å². The summed E-state index contributed by atoms with van der Waals surface area (Å²) in [5.41, 5.74) is 2.34. The summed E-state index contributed by atoms with van der Waals surface area (Å²) >= 11 is 0. The molecule has 2 amide bonds. The number of benzene rings is 1. The van der Waals surface area contributed by atoms with Crippen molar-refractivity contribution in [2.45, 2.75) is 0 Å². The van der Waals surface area contributed by atoms with E-state index in [-0.39, 0.29) is 18.4 Å². The number of hydrogen-bond acceptors (Lipinski definition) is 3. The number of carbonyl (C=O) groups is 2. The van der Waals surface area contributed by atoms with Gasteiger partial charge in [0, 0.05) is 42.9 Å². The van der Waals surface area contributed by atoms with Crippen LogP contribution in [0.5, 0.6) is 0 Å². The lowest BCUT2D eigenvalue weighted by Gasteiger charge is -2.34. The molecule has 1 fully saturated rings. The lowest BCUT2D eigenvalue weighted by molar-refractivity contribution is -0.120. The molecular weight excluding hydrogens is 328 g/mol. The summed E-state index contributed by atoms with van der Waals surface area (Å²) in [5.74, 6) is -0.218. The van der Waals surface area contributed by atoms with Crippen LogP contribution in [0, 0.1) is 0 Å². The molecule has 0 N–H and O–H groups in total. The normalized spacial score (nSPS) is 14.5. The average Bonchev–Trinajstić information content (AvgIpc) is 3.23. The van der Waals surface area contributed by atoms with Crippen LogP contribution < -0.4 is 4.90 Å². The molecule has 1 saturated heterocycles. The third kappa shape index (κ3) is 3.09. The van der Waals surface area contributed by atoms with E-state index < -0.39 is 0 Å². The minimum Gasteiger partial charge on any atom is -0.328 e. The van der Waals surface area contributed by atoms with Gasteiger partial charge in [-0.1, -0.05) is 0 Å². The highest BCUT2D eigenvalue weighted by Crippen LogP contribution is 2.18. The van der Waals surface area contributed by atoms with Crippen LogP contribution in [-0.2, 0) is 4.79 Å². The van der Waals surface area contributed by atoms with Gasteiger partial charge >= 0.3 is 0 Å². The summed E-state index contributed by atoms with van der Waals surface area (Å²) in [6, 6.07) is 15.0. The molecule has 4 rings (SSSR count). The fourth-order valence-electron chi connectivity index (χ4n) is 3.10. The number of rotatable bonds is 3. The molecule has 0 radical (unpaired) electrons. The summed E-state index contributed by atoms with van der Waals surface area (Å²) < 4.78 is 1.98. The molecule has 130 valence electrons. The smallest absolute Gasteiger partial charge is 0.254 e. The van der Waals surface area contributed by atoms with Crippen molar-refractivity contribution in [1.29, 1.82) is 0 Å². The number of nitrogens with zero attached hydrogens (tertiary/aromatic N) is 4. The average molecular weight is 346 g/mol. The van der Waals surface area contributed by atoms with E-state index in [1.807, 2.05) is 47.3 Å². The minimum absolute atomic E-state index is 0.0765. The van der Waals surface area contributed by atoms with Gasteiger partial charge in [-0.25, -0.2) is 0 Å². The van der Waals surface area contributed by atoms with Crippen LogP contribution in [0.1, 0.15) is 10.4 Å². The van der Waals surface area contributed by atoms with Crippen LogP contribution in [0.3, 0.4) is 0 Å². The van der Waals surface area contributed by atoms with Crippen molar-refractivity contribution in [1.82, 2.24) is 14.5 Å². The molecule has 26 heavy (non-hydrogen) atoms. The van der Waals surface area contributed by atoms with Gasteiger partial charge < -0.3 is 14.4 Å². The Kier molecular flexibility index (Phi) is 4.23. The monoisotopic (exact) mass is 346 g/mol. The second-order valence-electron chi connectivity index (χ2n) is 6.12. The van der Waals surface area contributed by atoms with Crippen molar-refractivity contribution in [3.05, 3.63) is 78.9 Å². The zero-order chi connectivity index (χ0) is 17.9. The topological polar surface area (TPSA) is 58.4 Å². The van der Waals surface area contributed by atoms with Gasteiger partial charge in [-0.05, 0) is 48.5 Å². The first-order valence-electron chi connectivity index (χ1n) is 8.45. The predicted octanol–water partition coefficient (Wildman–Crippen LogP) is 2.36. The minimum atomic E-state index is -0.122. The van der Waals surface area contributed by atoms with Gasteiger partial charge in [-0.3, -0.25) is 14.6 Å². The Morgan fingerprint density at radius 2 is 1.69 bits per heavy atom. The Morgan fingerprint density at radius 1 is 0.923 bits per heavy atom. The van der Waals surface area contributed by atoms with Gasteiger partial charge in [-0.2, -0.15) is 0 Å². The Labute approximate surface area is 151 Å². The number of hydrogen-bond donors (Lipinski definition) is 0. The first-order chi connectivity index (χ1) is 12.7. The molecule has 6 heteroatoms. The Morgan fingerprint density at radius 3 is 2.35 bits per heavy atom. The maximum absolute atomic E-state index is 12.7. The molecule has 6 nitrogen and oxygen atoms in total. The quantitative estimate of drug-likeness (QED) is 0.731. The molecule has 0 aliphatic carbocycles. The third-order valence-electron chi connectivity index (χ3n) is 4.48. The molecule has 0 spiro atoms. The van der Waals surface area contributed by atoms with Gasteiger partial charge in [0.05, 0.1) is 11.9 Å². The molecule has 1 aliphatic rings. The number of amides is 2. The van der Waals surface area contributed by atoms with E-state index in [0.717, 1.165) is 11.4 Å². The maximum atomic E-state index is 12.7. The number of anilines is 1. The SMILES string of the molecule is O=C(c1ccc(-n2cccc2)cc1)N1CCN(c2cccnc2)C(=O)C1. The maximum Gasteiger partial charge on any atom is 0.254 e. The first-order valence-corrected chi connectivity index (χ1v) is 8.45. The van der Waals surface area contributed by atoms with E-state index in [0.29, 0.717) is 18.7 Å². The molecule has 3 heterocycles. The molecule has 0 atom stereocenters. The van der Waals surface area contributed by atoms with Crippen molar-refractivity contribution in [3.63, 3.8) is 0 Å². The van der Waals surface area contributed by atoms with Gasteiger partial charge in [0.2, 0.25) is 5.91 Å². The van der Waals surface area contributed by atoms with E-state index in [2.05, 4.69) is 4.98 Å². The molecule has 0 bridgehead atoms. The summed E-state index contributed by atoms with van der Waals surface area (Å²) in [6.45, 7) is 1.05. The van der Waals surface area contributed by atoms with Crippen LogP contribution in [-0.4, -0.2) is 45.9 Å². The van der Waals surface area contributed by atoms with Crippen LogP contribution in [0.4, 0.5) is 5.69 Å². The zero-order valence-electron chi connectivity index (χ0n) is 14.2. The molecule has 0 saturated carbocycles. The Hall–Kier alpha value is -3.41. The highest BCUT2D eigenvalue weighted by Gasteiger charge is 2.28. The number of piperazine rings is 1. The molecule has 1 aromatic carbocycles. The highest BCUT2D eigenvalue weighted by molar-refractivity contribution is 6.01. The molecule has 1 aliphatic heterocycles. The number of carbonyl (C=O) groups excluding carboxylic acids is 2. The summed E-state index contributed by atoms with van der Waals surface area (Å²) in [6.07, 6.45) is 7.24. The molecule has 3 aromatic rings. The highest BCUT2D eigenvalue weighted by atomic mass is 16.2. The Bertz CT molecular complexity index is 905. The van der Waals surface area contributed by atoms with Gasteiger partial charge in [0.1, 0.15) is 6.54 Å². The number of pyridine rings is 1. The fraction of sp³-hybridized carbons (Fsp3) is 0.150. The number of aromatic nitrogens is 2. The zero-order valence-corrected chi connectivity index (χ0v) is 14.2. The van der Waals surface area contributed by atoms with Crippen LogP contribution in [0.15, 0.2) is 73.3 Å². The van der Waals surface area contributed by atoms with E-state index in [9.17, 15) is 9.59 Å². The van der Waals surface area contributed by atoms with Crippen molar-refractivity contribution in [2.24, 2.45) is 0 Å². The standard InChI is InChI=1S/C20H18N4O2/c25-19-15-23(12-13-24(19)18-4-3-9-21-14-18)20(26)16-5-7-17(8-6-16)22-10-1-2-11-22/h1-11,14H,12-13,15H2. The lowest BCUT2D eigenvalue weighted by atomic mass is 10.1.